The van der Waals surface area contributed by atoms with E-state index >= 15 is 0 Å². The highest BCUT2D eigenvalue weighted by atomic mass is 28.3. The van der Waals surface area contributed by atoms with Crippen molar-refractivity contribution in [3.63, 3.8) is 0 Å². The Balaban J connectivity index is 1.55. The van der Waals surface area contributed by atoms with Crippen molar-refractivity contribution in [3.05, 3.63) is 180 Å². The molecular formula is C45H34N2Si. The standard InChI is InChI=1S/C45H34N2Si/c1-3-48(2)44(42-32-22-10-14-26-36(32)46-37-27-15-11-23-33(37)42)40(30-18-6-4-7-19-30)41(31-20-8-5-9-21-31)45(48)43-34-24-12-16-28-38(34)47-39-29-17-13-25-35(39)43/h4-29H,3H2,1-2H3. The highest BCUT2D eigenvalue weighted by Crippen LogP contribution is 2.59. The van der Waals surface area contributed by atoms with Crippen molar-refractivity contribution < 1.29 is 0 Å². The average Bonchev–Trinajstić information content (AvgIpc) is 3.42. The predicted octanol–water partition coefficient (Wildman–Crippen LogP) is 11.8. The summed E-state index contributed by atoms with van der Waals surface area (Å²) in [4.78, 5) is 10.4. The van der Waals surface area contributed by atoms with Gasteiger partial charge in [-0.05, 0) is 68.1 Å². The van der Waals surface area contributed by atoms with Crippen molar-refractivity contribution in [3.8, 4) is 0 Å². The van der Waals surface area contributed by atoms with Gasteiger partial charge in [0, 0.05) is 21.5 Å². The van der Waals surface area contributed by atoms with Gasteiger partial charge in [-0.2, -0.15) is 0 Å². The van der Waals surface area contributed by atoms with Gasteiger partial charge in [-0.15, -0.1) is 0 Å². The first kappa shape index (κ1) is 28.6. The summed E-state index contributed by atoms with van der Waals surface area (Å²) >= 11 is 0. The first-order valence-electron chi connectivity index (χ1n) is 16.8. The fourth-order valence-electron chi connectivity index (χ4n) is 8.09. The van der Waals surface area contributed by atoms with E-state index in [1.807, 2.05) is 0 Å². The Morgan fingerprint density at radius 2 is 0.688 bits per heavy atom. The van der Waals surface area contributed by atoms with Crippen LogP contribution in [0.25, 0.3) is 65.2 Å². The maximum absolute atomic E-state index is 5.19. The maximum atomic E-state index is 5.19. The topological polar surface area (TPSA) is 25.8 Å². The van der Waals surface area contributed by atoms with E-state index in [1.54, 1.807) is 0 Å². The summed E-state index contributed by atoms with van der Waals surface area (Å²) in [5.41, 5.74) is 12.0. The molecule has 3 heterocycles. The molecule has 9 rings (SSSR count). The van der Waals surface area contributed by atoms with Gasteiger partial charge in [0.15, 0.2) is 0 Å². The number of nitrogens with zero attached hydrogens (tertiary/aromatic N) is 2. The maximum Gasteiger partial charge on any atom is 0.118 e. The van der Waals surface area contributed by atoms with Gasteiger partial charge in [0.25, 0.3) is 0 Å². The quantitative estimate of drug-likeness (QED) is 0.140. The summed E-state index contributed by atoms with van der Waals surface area (Å²) in [6.45, 7) is 5.03. The molecule has 0 bridgehead atoms. The summed E-state index contributed by atoms with van der Waals surface area (Å²) < 4.78 is 0. The number of fused-ring (bicyclic) bond motifs is 4. The number of hydrogen-bond acceptors (Lipinski definition) is 2. The Morgan fingerprint density at radius 3 is 1.00 bits per heavy atom. The van der Waals surface area contributed by atoms with Crippen molar-refractivity contribution in [2.24, 2.45) is 0 Å². The largest absolute Gasteiger partial charge is 0.248 e. The van der Waals surface area contributed by atoms with Crippen LogP contribution >= 0.6 is 0 Å². The highest BCUT2D eigenvalue weighted by molar-refractivity contribution is 7.14. The molecule has 0 unspecified atom stereocenters. The number of hydrogen-bond donors (Lipinski definition) is 0. The zero-order chi connectivity index (χ0) is 32.2. The normalized spacial score (nSPS) is 14.5. The molecule has 0 fully saturated rings. The molecule has 48 heavy (non-hydrogen) atoms. The number of allylic oxidation sites excluding steroid dienone is 2. The Morgan fingerprint density at radius 1 is 0.396 bits per heavy atom. The molecule has 0 amide bonds. The molecule has 0 aliphatic carbocycles. The van der Waals surface area contributed by atoms with Gasteiger partial charge in [-0.3, -0.25) is 0 Å². The molecule has 2 aromatic heterocycles. The second-order valence-electron chi connectivity index (χ2n) is 13.0. The Bertz CT molecular complexity index is 2310. The van der Waals surface area contributed by atoms with E-state index in [4.69, 9.17) is 9.97 Å². The molecule has 0 atom stereocenters. The molecule has 3 heteroatoms. The lowest BCUT2D eigenvalue weighted by atomic mass is 9.87. The van der Waals surface area contributed by atoms with Crippen LogP contribution in [0.15, 0.2) is 158 Å². The van der Waals surface area contributed by atoms with Gasteiger partial charge in [0.2, 0.25) is 0 Å². The van der Waals surface area contributed by atoms with Gasteiger partial charge in [-0.25, -0.2) is 9.97 Å². The zero-order valence-electron chi connectivity index (χ0n) is 27.1. The molecule has 228 valence electrons. The van der Waals surface area contributed by atoms with Gasteiger partial charge in [0.1, 0.15) is 8.07 Å². The van der Waals surface area contributed by atoms with Gasteiger partial charge in [-0.1, -0.05) is 153 Å². The third-order valence-electron chi connectivity index (χ3n) is 10.4. The van der Waals surface area contributed by atoms with E-state index in [0.717, 1.165) is 28.1 Å². The van der Waals surface area contributed by atoms with Crippen molar-refractivity contribution in [2.75, 3.05) is 0 Å². The zero-order valence-corrected chi connectivity index (χ0v) is 28.1. The number of rotatable bonds is 5. The molecule has 0 saturated heterocycles. The van der Waals surface area contributed by atoms with Crippen LogP contribution in [0.2, 0.25) is 12.6 Å². The van der Waals surface area contributed by atoms with Crippen molar-refractivity contribution in [2.45, 2.75) is 19.5 Å². The van der Waals surface area contributed by atoms with E-state index in [-0.39, 0.29) is 0 Å². The molecule has 0 N–H and O–H groups in total. The minimum Gasteiger partial charge on any atom is -0.248 e. The number of para-hydroxylation sites is 4. The van der Waals surface area contributed by atoms with Crippen molar-refractivity contribution in [1.82, 2.24) is 9.97 Å². The molecule has 0 spiro atoms. The Kier molecular flexibility index (Phi) is 6.70. The first-order chi connectivity index (χ1) is 23.7. The van der Waals surface area contributed by atoms with Crippen LogP contribution in [0.3, 0.4) is 0 Å². The van der Waals surface area contributed by atoms with Gasteiger partial charge < -0.3 is 0 Å². The lowest BCUT2D eigenvalue weighted by molar-refractivity contribution is 1.40. The van der Waals surface area contributed by atoms with Crippen LogP contribution in [0.4, 0.5) is 0 Å². The minimum atomic E-state index is -2.56. The Hall–Kier alpha value is -5.64. The summed E-state index contributed by atoms with van der Waals surface area (Å²) in [6.07, 6.45) is 0. The molecule has 0 saturated carbocycles. The summed E-state index contributed by atoms with van der Waals surface area (Å²) in [6, 6.07) is 58.2. The van der Waals surface area contributed by atoms with Crippen LogP contribution in [0.5, 0.6) is 0 Å². The third kappa shape index (κ3) is 4.24. The van der Waals surface area contributed by atoms with Crippen LogP contribution in [0.1, 0.15) is 29.2 Å². The monoisotopic (exact) mass is 630 g/mol. The lowest BCUT2D eigenvalue weighted by Gasteiger charge is -2.32. The summed E-state index contributed by atoms with van der Waals surface area (Å²) in [7, 11) is -2.56. The second-order valence-corrected chi connectivity index (χ2v) is 17.3. The average molecular weight is 631 g/mol. The Labute approximate surface area is 281 Å². The van der Waals surface area contributed by atoms with Crippen LogP contribution in [0, 0.1) is 0 Å². The van der Waals surface area contributed by atoms with E-state index in [1.165, 1.54) is 65.3 Å². The van der Waals surface area contributed by atoms with Crippen molar-refractivity contribution in [1.29, 1.82) is 0 Å². The fraction of sp³-hybridized carbons (Fsp3) is 0.0667. The van der Waals surface area contributed by atoms with E-state index in [0.29, 0.717) is 0 Å². The summed E-state index contributed by atoms with van der Waals surface area (Å²) in [5.74, 6) is 0. The van der Waals surface area contributed by atoms with Crippen LogP contribution in [-0.2, 0) is 0 Å². The number of benzene rings is 6. The summed E-state index contributed by atoms with van der Waals surface area (Å²) in [5, 5.41) is 7.83. The molecule has 8 aromatic rings. The van der Waals surface area contributed by atoms with Crippen molar-refractivity contribution >= 4 is 73.2 Å². The molecule has 0 radical (unpaired) electrons. The molecule has 1 aliphatic rings. The third-order valence-corrected chi connectivity index (χ3v) is 15.0. The number of pyridine rings is 2. The second kappa shape index (κ2) is 11.3. The molecule has 1 aliphatic heterocycles. The lowest BCUT2D eigenvalue weighted by Crippen LogP contribution is -2.32. The smallest absolute Gasteiger partial charge is 0.118 e. The molecule has 6 aromatic carbocycles. The number of aromatic nitrogens is 2. The fourth-order valence-corrected chi connectivity index (χ4v) is 12.3. The first-order valence-corrected chi connectivity index (χ1v) is 19.5. The molecule has 2 nitrogen and oxygen atoms in total. The highest BCUT2D eigenvalue weighted by Gasteiger charge is 2.47. The van der Waals surface area contributed by atoms with E-state index in [9.17, 15) is 0 Å². The predicted molar refractivity (Wildman–Crippen MR) is 207 cm³/mol. The molecular weight excluding hydrogens is 597 g/mol. The minimum absolute atomic E-state index is 1.04. The van der Waals surface area contributed by atoms with E-state index < -0.39 is 8.07 Å². The van der Waals surface area contributed by atoms with Crippen LogP contribution < -0.4 is 0 Å². The van der Waals surface area contributed by atoms with Gasteiger partial charge >= 0.3 is 0 Å². The van der Waals surface area contributed by atoms with E-state index in [2.05, 4.69) is 171 Å². The van der Waals surface area contributed by atoms with Gasteiger partial charge in [0.05, 0.1) is 22.1 Å². The SMILES string of the molecule is CC[Si]1(C)C(c2c3ccccc3nc3ccccc23)=C(c2ccccc2)C(c2ccccc2)=C1c1c2ccccc2nc2ccccc12. The van der Waals surface area contributed by atoms with Crippen LogP contribution in [-0.4, -0.2) is 18.0 Å².